The van der Waals surface area contributed by atoms with Gasteiger partial charge in [-0.2, -0.15) is 0 Å². The highest BCUT2D eigenvalue weighted by atomic mass is 79.9. The Labute approximate surface area is 120 Å². The van der Waals surface area contributed by atoms with Crippen molar-refractivity contribution < 1.29 is 14.9 Å². The maximum atomic E-state index is 9.11. The molecule has 4 heteroatoms. The Morgan fingerprint density at radius 2 is 1.79 bits per heavy atom. The van der Waals surface area contributed by atoms with E-state index in [1.165, 1.54) is 0 Å². The lowest BCUT2D eigenvalue weighted by atomic mass is 10.1. The van der Waals surface area contributed by atoms with Gasteiger partial charge in [-0.05, 0) is 35.7 Å². The van der Waals surface area contributed by atoms with E-state index >= 15 is 0 Å². The van der Waals surface area contributed by atoms with Crippen LogP contribution >= 0.6 is 15.9 Å². The Kier molecular flexibility index (Phi) is 4.96. The van der Waals surface area contributed by atoms with E-state index in [2.05, 4.69) is 15.9 Å². The first-order chi connectivity index (χ1) is 9.24. The highest BCUT2D eigenvalue weighted by Gasteiger charge is 2.06. The van der Waals surface area contributed by atoms with Crippen molar-refractivity contribution in [2.45, 2.75) is 13.0 Å². The Morgan fingerprint density at radius 3 is 2.47 bits per heavy atom. The molecule has 0 saturated carbocycles. The van der Waals surface area contributed by atoms with E-state index in [0.29, 0.717) is 12.2 Å². The van der Waals surface area contributed by atoms with Gasteiger partial charge in [-0.15, -0.1) is 0 Å². The fraction of sp³-hybridized carbons (Fsp3) is 0.200. The molecule has 0 aliphatic carbocycles. The molecule has 0 heterocycles. The average Bonchev–Trinajstić information content (AvgIpc) is 2.41. The number of aliphatic hydroxyl groups excluding tert-OH is 2. The SMILES string of the molecule is OCCc1ccccc1Oc1ccc(CO)c(Br)c1. The zero-order chi connectivity index (χ0) is 13.7. The molecule has 0 bridgehead atoms. The number of halogens is 1. The first-order valence-corrected chi connectivity index (χ1v) is 6.80. The van der Waals surface area contributed by atoms with Crippen LogP contribution in [0.4, 0.5) is 0 Å². The molecule has 2 N–H and O–H groups in total. The van der Waals surface area contributed by atoms with Crippen LogP contribution in [0, 0.1) is 0 Å². The zero-order valence-corrected chi connectivity index (χ0v) is 11.9. The number of hydrogen-bond acceptors (Lipinski definition) is 3. The van der Waals surface area contributed by atoms with Crippen molar-refractivity contribution in [3.63, 3.8) is 0 Å². The third-order valence-electron chi connectivity index (χ3n) is 2.78. The molecule has 0 unspecified atom stereocenters. The third-order valence-corrected chi connectivity index (χ3v) is 3.51. The van der Waals surface area contributed by atoms with Gasteiger partial charge in [0.1, 0.15) is 11.5 Å². The van der Waals surface area contributed by atoms with Crippen molar-refractivity contribution in [2.75, 3.05) is 6.61 Å². The van der Waals surface area contributed by atoms with Gasteiger partial charge in [-0.1, -0.05) is 40.2 Å². The summed E-state index contributed by atoms with van der Waals surface area (Å²) in [6, 6.07) is 13.1. The molecule has 0 aromatic heterocycles. The van der Waals surface area contributed by atoms with Gasteiger partial charge in [0, 0.05) is 11.1 Å². The number of hydrogen-bond donors (Lipinski definition) is 2. The summed E-state index contributed by atoms with van der Waals surface area (Å²) in [7, 11) is 0. The lowest BCUT2D eigenvalue weighted by Crippen LogP contribution is -1.95. The minimum atomic E-state index is -0.0119. The summed E-state index contributed by atoms with van der Waals surface area (Å²) in [5, 5.41) is 18.1. The van der Waals surface area contributed by atoms with Crippen molar-refractivity contribution in [3.05, 3.63) is 58.1 Å². The van der Waals surface area contributed by atoms with Crippen LogP contribution in [0.2, 0.25) is 0 Å². The van der Waals surface area contributed by atoms with Crippen molar-refractivity contribution in [1.82, 2.24) is 0 Å². The largest absolute Gasteiger partial charge is 0.457 e. The molecule has 0 aliphatic rings. The zero-order valence-electron chi connectivity index (χ0n) is 10.3. The summed E-state index contributed by atoms with van der Waals surface area (Å²) in [6.07, 6.45) is 0.562. The van der Waals surface area contributed by atoms with Crippen LogP contribution in [0.5, 0.6) is 11.5 Å². The molecule has 2 aromatic carbocycles. The minimum absolute atomic E-state index is 0.0119. The van der Waals surface area contributed by atoms with E-state index in [4.69, 9.17) is 14.9 Å². The van der Waals surface area contributed by atoms with E-state index in [9.17, 15) is 0 Å². The molecule has 19 heavy (non-hydrogen) atoms. The van der Waals surface area contributed by atoms with Gasteiger partial charge >= 0.3 is 0 Å². The third kappa shape index (κ3) is 3.56. The number of ether oxygens (including phenoxy) is 1. The Morgan fingerprint density at radius 1 is 1.00 bits per heavy atom. The monoisotopic (exact) mass is 322 g/mol. The summed E-state index contributed by atoms with van der Waals surface area (Å²) in [5.74, 6) is 1.43. The van der Waals surface area contributed by atoms with Crippen LogP contribution in [-0.4, -0.2) is 16.8 Å². The molecular formula is C15H15BrO3. The summed E-state index contributed by atoms with van der Waals surface area (Å²) < 4.78 is 6.63. The second kappa shape index (κ2) is 6.70. The maximum absolute atomic E-state index is 9.11. The Balaban J connectivity index is 2.23. The highest BCUT2D eigenvalue weighted by Crippen LogP contribution is 2.29. The molecule has 0 fully saturated rings. The van der Waals surface area contributed by atoms with Crippen molar-refractivity contribution in [2.24, 2.45) is 0 Å². The summed E-state index contributed by atoms with van der Waals surface area (Å²) in [5.41, 5.74) is 1.78. The van der Waals surface area contributed by atoms with Gasteiger partial charge in [0.2, 0.25) is 0 Å². The first-order valence-electron chi connectivity index (χ1n) is 6.00. The molecule has 0 radical (unpaired) electrons. The number of aliphatic hydroxyl groups is 2. The van der Waals surface area contributed by atoms with Gasteiger partial charge in [-0.25, -0.2) is 0 Å². The number of para-hydroxylation sites is 1. The normalized spacial score (nSPS) is 10.5. The van der Waals surface area contributed by atoms with Crippen molar-refractivity contribution in [1.29, 1.82) is 0 Å². The van der Waals surface area contributed by atoms with Crippen LogP contribution in [0.3, 0.4) is 0 Å². The summed E-state index contributed by atoms with van der Waals surface area (Å²) in [4.78, 5) is 0. The van der Waals surface area contributed by atoms with Crippen molar-refractivity contribution >= 4 is 15.9 Å². The highest BCUT2D eigenvalue weighted by molar-refractivity contribution is 9.10. The lowest BCUT2D eigenvalue weighted by Gasteiger charge is -2.11. The second-order valence-electron chi connectivity index (χ2n) is 4.09. The van der Waals surface area contributed by atoms with Gasteiger partial charge in [0.15, 0.2) is 0 Å². The van der Waals surface area contributed by atoms with Gasteiger partial charge < -0.3 is 14.9 Å². The van der Waals surface area contributed by atoms with Crippen molar-refractivity contribution in [3.8, 4) is 11.5 Å². The molecular weight excluding hydrogens is 308 g/mol. The van der Waals surface area contributed by atoms with Crippen LogP contribution in [-0.2, 0) is 13.0 Å². The standard InChI is InChI=1S/C15H15BrO3/c16-14-9-13(6-5-12(14)10-18)19-15-4-2-1-3-11(15)7-8-17/h1-6,9,17-18H,7-8,10H2. The van der Waals surface area contributed by atoms with Crippen LogP contribution < -0.4 is 4.74 Å². The van der Waals surface area contributed by atoms with E-state index in [0.717, 1.165) is 21.3 Å². The van der Waals surface area contributed by atoms with Crippen LogP contribution in [0.25, 0.3) is 0 Å². The molecule has 0 saturated heterocycles. The van der Waals surface area contributed by atoms with Crippen LogP contribution in [0.15, 0.2) is 46.9 Å². The summed E-state index contributed by atoms with van der Waals surface area (Å²) in [6.45, 7) is 0.0788. The average molecular weight is 323 g/mol. The topological polar surface area (TPSA) is 49.7 Å². The lowest BCUT2D eigenvalue weighted by molar-refractivity contribution is 0.281. The van der Waals surface area contributed by atoms with E-state index in [-0.39, 0.29) is 13.2 Å². The Hall–Kier alpha value is -1.36. The molecule has 2 rings (SSSR count). The molecule has 0 amide bonds. The predicted octanol–water partition coefficient (Wildman–Crippen LogP) is 3.27. The first kappa shape index (κ1) is 14.1. The van der Waals surface area contributed by atoms with Crippen LogP contribution in [0.1, 0.15) is 11.1 Å². The molecule has 0 atom stereocenters. The second-order valence-corrected chi connectivity index (χ2v) is 4.95. The van der Waals surface area contributed by atoms with E-state index in [1.807, 2.05) is 42.5 Å². The predicted molar refractivity (Wildman–Crippen MR) is 77.4 cm³/mol. The molecule has 2 aromatic rings. The molecule has 100 valence electrons. The van der Waals surface area contributed by atoms with E-state index < -0.39 is 0 Å². The fourth-order valence-corrected chi connectivity index (χ4v) is 2.26. The molecule has 3 nitrogen and oxygen atoms in total. The van der Waals surface area contributed by atoms with Gasteiger partial charge in [0.25, 0.3) is 0 Å². The summed E-state index contributed by atoms with van der Waals surface area (Å²) >= 11 is 3.39. The number of rotatable bonds is 5. The number of benzene rings is 2. The van der Waals surface area contributed by atoms with Gasteiger partial charge in [0.05, 0.1) is 6.61 Å². The minimum Gasteiger partial charge on any atom is -0.457 e. The van der Waals surface area contributed by atoms with E-state index in [1.54, 1.807) is 0 Å². The molecule has 0 aliphatic heterocycles. The fourth-order valence-electron chi connectivity index (χ4n) is 1.78. The quantitative estimate of drug-likeness (QED) is 0.888. The smallest absolute Gasteiger partial charge is 0.130 e. The van der Waals surface area contributed by atoms with Gasteiger partial charge in [-0.3, -0.25) is 0 Å². The Bertz CT molecular complexity index is 555. The maximum Gasteiger partial charge on any atom is 0.130 e. The molecule has 0 spiro atoms.